The lowest BCUT2D eigenvalue weighted by Gasteiger charge is -2.12. The highest BCUT2D eigenvalue weighted by atomic mass is 35.5. The molecule has 0 aliphatic carbocycles. The summed E-state index contributed by atoms with van der Waals surface area (Å²) >= 11 is 7.66. The summed E-state index contributed by atoms with van der Waals surface area (Å²) in [4.78, 5) is 13.2. The fourth-order valence-corrected chi connectivity index (χ4v) is 5.64. The zero-order valence-electron chi connectivity index (χ0n) is 15.4. The van der Waals surface area contributed by atoms with Gasteiger partial charge in [0.1, 0.15) is 4.88 Å². The largest absolute Gasteiger partial charge is 0.377 e. The number of amides is 1. The van der Waals surface area contributed by atoms with Gasteiger partial charge in [-0.15, -0.1) is 11.3 Å². The highest BCUT2D eigenvalue weighted by molar-refractivity contribution is 7.89. The molecular weight excluding hydrogens is 432 g/mol. The molecule has 9 heteroatoms. The number of ether oxygens (including phenoxy) is 1. The van der Waals surface area contributed by atoms with Gasteiger partial charge in [0.2, 0.25) is 10.0 Å². The van der Waals surface area contributed by atoms with Crippen molar-refractivity contribution in [2.24, 2.45) is 0 Å². The molecule has 29 heavy (non-hydrogen) atoms. The number of hydrogen-bond donors (Lipinski definition) is 2. The molecule has 1 aliphatic heterocycles. The lowest BCUT2D eigenvalue weighted by Crippen LogP contribution is -2.31. The summed E-state index contributed by atoms with van der Waals surface area (Å²) in [5, 5.41) is 4.02. The van der Waals surface area contributed by atoms with E-state index in [2.05, 4.69) is 10.0 Å². The van der Waals surface area contributed by atoms with Gasteiger partial charge in [0.15, 0.2) is 0 Å². The van der Waals surface area contributed by atoms with E-state index in [1.165, 1.54) is 23.5 Å². The van der Waals surface area contributed by atoms with Crippen molar-refractivity contribution in [2.45, 2.75) is 23.8 Å². The third-order valence-electron chi connectivity index (χ3n) is 4.69. The van der Waals surface area contributed by atoms with E-state index in [9.17, 15) is 13.2 Å². The third kappa shape index (κ3) is 4.46. The van der Waals surface area contributed by atoms with Crippen LogP contribution >= 0.6 is 22.9 Å². The number of thiophene rings is 1. The molecule has 0 spiro atoms. The summed E-state index contributed by atoms with van der Waals surface area (Å²) in [5.41, 5.74) is 0.488. The first-order valence-corrected chi connectivity index (χ1v) is 11.8. The van der Waals surface area contributed by atoms with Gasteiger partial charge >= 0.3 is 0 Å². The van der Waals surface area contributed by atoms with Crippen molar-refractivity contribution < 1.29 is 17.9 Å². The van der Waals surface area contributed by atoms with Gasteiger partial charge in [-0.05, 0) is 43.2 Å². The molecule has 0 saturated carbocycles. The van der Waals surface area contributed by atoms with Gasteiger partial charge in [0, 0.05) is 28.9 Å². The molecule has 1 aliphatic rings. The van der Waals surface area contributed by atoms with E-state index >= 15 is 0 Å². The van der Waals surface area contributed by atoms with Crippen molar-refractivity contribution >= 4 is 54.6 Å². The monoisotopic (exact) mass is 450 g/mol. The lowest BCUT2D eigenvalue weighted by atomic mass is 10.2. The molecule has 1 saturated heterocycles. The van der Waals surface area contributed by atoms with Gasteiger partial charge in [-0.1, -0.05) is 29.8 Å². The van der Waals surface area contributed by atoms with E-state index in [4.69, 9.17) is 16.3 Å². The number of carbonyl (C=O) groups is 1. The number of benzene rings is 2. The maximum atomic E-state index is 12.6. The summed E-state index contributed by atoms with van der Waals surface area (Å²) in [6.07, 6.45) is 1.73. The maximum absolute atomic E-state index is 12.6. The Balaban J connectivity index is 1.44. The molecule has 1 amide bonds. The second-order valence-electron chi connectivity index (χ2n) is 6.71. The summed E-state index contributed by atoms with van der Waals surface area (Å²) in [5.74, 6) is -0.330. The second-order valence-corrected chi connectivity index (χ2v) is 9.90. The summed E-state index contributed by atoms with van der Waals surface area (Å²) in [7, 11) is -3.63. The number of anilines is 1. The molecule has 1 aromatic heterocycles. The average molecular weight is 451 g/mol. The Hall–Kier alpha value is -1.97. The molecule has 0 bridgehead atoms. The summed E-state index contributed by atoms with van der Waals surface area (Å²) in [6, 6.07) is 13.6. The number of carbonyl (C=O) groups excluding carboxylic acids is 1. The Morgan fingerprint density at radius 2 is 1.93 bits per heavy atom. The van der Waals surface area contributed by atoms with Gasteiger partial charge in [-0.25, -0.2) is 13.1 Å². The summed E-state index contributed by atoms with van der Waals surface area (Å²) in [6.45, 7) is 0.926. The van der Waals surface area contributed by atoms with E-state index in [0.29, 0.717) is 22.2 Å². The van der Waals surface area contributed by atoms with Crippen LogP contribution in [0, 0.1) is 0 Å². The first kappa shape index (κ1) is 20.3. The Labute approximate surface area is 177 Å². The van der Waals surface area contributed by atoms with Gasteiger partial charge in [-0.3, -0.25) is 4.79 Å². The number of rotatable bonds is 6. The van der Waals surface area contributed by atoms with E-state index < -0.39 is 10.0 Å². The summed E-state index contributed by atoms with van der Waals surface area (Å²) < 4.78 is 33.8. The maximum Gasteiger partial charge on any atom is 0.267 e. The van der Waals surface area contributed by atoms with Crippen LogP contribution in [0.4, 0.5) is 5.69 Å². The quantitative estimate of drug-likeness (QED) is 0.587. The topological polar surface area (TPSA) is 84.5 Å². The first-order valence-electron chi connectivity index (χ1n) is 9.14. The molecule has 3 aromatic rings. The molecule has 0 unspecified atom stereocenters. The van der Waals surface area contributed by atoms with Crippen molar-refractivity contribution in [3.05, 3.63) is 58.4 Å². The smallest absolute Gasteiger partial charge is 0.267 e. The normalized spacial score (nSPS) is 16.9. The Kier molecular flexibility index (Phi) is 5.89. The van der Waals surface area contributed by atoms with Crippen molar-refractivity contribution in [2.75, 3.05) is 18.5 Å². The van der Waals surface area contributed by atoms with Crippen LogP contribution < -0.4 is 10.0 Å². The van der Waals surface area contributed by atoms with Gasteiger partial charge in [0.05, 0.1) is 16.0 Å². The van der Waals surface area contributed by atoms with E-state index in [0.717, 1.165) is 22.9 Å². The van der Waals surface area contributed by atoms with Crippen molar-refractivity contribution in [3.63, 3.8) is 0 Å². The second kappa shape index (κ2) is 8.41. The lowest BCUT2D eigenvalue weighted by molar-refractivity contribution is 0.103. The first-order chi connectivity index (χ1) is 13.9. The number of halogens is 1. The zero-order valence-corrected chi connectivity index (χ0v) is 17.7. The van der Waals surface area contributed by atoms with Gasteiger partial charge < -0.3 is 10.1 Å². The minimum atomic E-state index is -3.63. The fourth-order valence-electron chi connectivity index (χ4n) is 3.16. The van der Waals surface area contributed by atoms with Crippen molar-refractivity contribution in [1.82, 2.24) is 4.72 Å². The highest BCUT2D eigenvalue weighted by Gasteiger charge is 2.21. The minimum absolute atomic E-state index is 0.0746. The average Bonchev–Trinajstić information content (AvgIpc) is 3.35. The van der Waals surface area contributed by atoms with Crippen LogP contribution in [0.1, 0.15) is 22.5 Å². The Morgan fingerprint density at radius 1 is 1.17 bits per heavy atom. The van der Waals surface area contributed by atoms with Crippen LogP contribution in [0.3, 0.4) is 0 Å². The van der Waals surface area contributed by atoms with Crippen LogP contribution in [-0.4, -0.2) is 33.6 Å². The van der Waals surface area contributed by atoms with Crippen molar-refractivity contribution in [3.8, 4) is 0 Å². The zero-order chi connectivity index (χ0) is 20.4. The van der Waals surface area contributed by atoms with E-state index in [-0.39, 0.29) is 23.5 Å². The predicted octanol–water partition coefficient (Wildman–Crippen LogP) is 4.26. The minimum Gasteiger partial charge on any atom is -0.377 e. The number of hydrogen-bond acceptors (Lipinski definition) is 5. The molecular formula is C20H19ClN2O4S2. The van der Waals surface area contributed by atoms with Crippen LogP contribution in [0.25, 0.3) is 10.1 Å². The third-order valence-corrected chi connectivity index (χ3v) is 7.80. The SMILES string of the molecule is O=C(Nc1ccc(S(=O)(=O)NC[C@@H]2CCCO2)cc1)c1sc2ccccc2c1Cl. The molecule has 4 rings (SSSR count). The van der Waals surface area contributed by atoms with Crippen molar-refractivity contribution in [1.29, 1.82) is 0 Å². The Bertz CT molecular complexity index is 1140. The van der Waals surface area contributed by atoms with E-state index in [1.54, 1.807) is 12.1 Å². The molecule has 2 N–H and O–H groups in total. The molecule has 6 nitrogen and oxygen atoms in total. The highest BCUT2D eigenvalue weighted by Crippen LogP contribution is 2.35. The van der Waals surface area contributed by atoms with Crippen LogP contribution in [0.5, 0.6) is 0 Å². The fraction of sp³-hybridized carbons (Fsp3) is 0.250. The van der Waals surface area contributed by atoms with Crippen LogP contribution in [0.2, 0.25) is 5.02 Å². The molecule has 152 valence electrons. The molecule has 1 atom stereocenters. The van der Waals surface area contributed by atoms with Crippen LogP contribution in [0.15, 0.2) is 53.4 Å². The molecule has 0 radical (unpaired) electrons. The van der Waals surface area contributed by atoms with Gasteiger partial charge in [0.25, 0.3) is 5.91 Å². The number of fused-ring (bicyclic) bond motifs is 1. The molecule has 2 aromatic carbocycles. The standard InChI is InChI=1S/C20H19ClN2O4S2/c21-18-16-5-1-2-6-17(16)28-19(18)20(24)23-13-7-9-15(10-8-13)29(25,26)22-12-14-4-3-11-27-14/h1-2,5-10,14,22H,3-4,11-12H2,(H,23,24)/t14-/m0/s1. The number of nitrogens with one attached hydrogen (secondary N) is 2. The van der Waals surface area contributed by atoms with Crippen LogP contribution in [-0.2, 0) is 14.8 Å². The van der Waals surface area contributed by atoms with Gasteiger partial charge in [-0.2, -0.15) is 0 Å². The Morgan fingerprint density at radius 3 is 2.62 bits per heavy atom. The molecule has 1 fully saturated rings. The molecule has 2 heterocycles. The number of sulfonamides is 1. The predicted molar refractivity (Wildman–Crippen MR) is 115 cm³/mol. The van der Waals surface area contributed by atoms with E-state index in [1.807, 2.05) is 24.3 Å².